The van der Waals surface area contributed by atoms with Gasteiger partial charge < -0.3 is 19.2 Å². The number of benzene rings is 1. The predicted molar refractivity (Wildman–Crippen MR) is 142 cm³/mol. The number of halogens is 3. The number of oxazole rings is 1. The highest BCUT2D eigenvalue weighted by Gasteiger charge is 2.38. The van der Waals surface area contributed by atoms with Crippen molar-refractivity contribution in [2.75, 3.05) is 20.2 Å². The minimum absolute atomic E-state index is 0.0543. The van der Waals surface area contributed by atoms with Gasteiger partial charge in [0.05, 0.1) is 17.7 Å². The molecule has 6 rings (SSSR count). The number of aryl methyl sites for hydroxylation is 1. The molecule has 3 fully saturated rings. The number of aliphatic hydroxyl groups is 1. The van der Waals surface area contributed by atoms with E-state index in [2.05, 4.69) is 21.6 Å². The first-order valence-electron chi connectivity index (χ1n) is 13.6. The molecule has 212 valence electrons. The van der Waals surface area contributed by atoms with Gasteiger partial charge in [0.25, 0.3) is 5.91 Å². The van der Waals surface area contributed by atoms with Crippen molar-refractivity contribution in [2.24, 2.45) is 23.7 Å². The number of amides is 1. The molecule has 0 radical (unpaired) electrons. The monoisotopic (exact) mass is 565 g/mol. The molecule has 2 heterocycles. The third kappa shape index (κ3) is 6.09. The molecule has 39 heavy (non-hydrogen) atoms. The molecule has 0 saturated heterocycles. The van der Waals surface area contributed by atoms with Crippen molar-refractivity contribution in [1.29, 1.82) is 0 Å². The van der Waals surface area contributed by atoms with E-state index in [-0.39, 0.29) is 29.8 Å². The van der Waals surface area contributed by atoms with Gasteiger partial charge in [0.2, 0.25) is 0 Å². The van der Waals surface area contributed by atoms with E-state index in [9.17, 15) is 23.1 Å². The van der Waals surface area contributed by atoms with Crippen molar-refractivity contribution >= 4 is 28.3 Å². The van der Waals surface area contributed by atoms with E-state index in [0.717, 1.165) is 29.1 Å². The number of nitrogens with zero attached hydrogens (tertiary/aromatic N) is 3. The zero-order valence-electron chi connectivity index (χ0n) is 22.2. The van der Waals surface area contributed by atoms with Crippen LogP contribution in [0.5, 0.6) is 5.75 Å². The number of thiazole rings is 1. The van der Waals surface area contributed by atoms with Gasteiger partial charge in [-0.25, -0.2) is 9.97 Å². The summed E-state index contributed by atoms with van der Waals surface area (Å²) in [4.78, 5) is 23.1. The molecule has 0 aliphatic heterocycles. The molecule has 2 aromatic heterocycles. The average Bonchev–Trinajstić information content (AvgIpc) is 3.50. The fourth-order valence-electron chi connectivity index (χ4n) is 6.57. The summed E-state index contributed by atoms with van der Waals surface area (Å²) < 4.78 is 51.2. The van der Waals surface area contributed by atoms with Crippen molar-refractivity contribution < 1.29 is 32.2 Å². The number of aliphatic hydroxyl groups excluding tert-OH is 1. The lowest BCUT2D eigenvalue weighted by Crippen LogP contribution is -2.30. The zero-order chi connectivity index (χ0) is 27.7. The third-order valence-electron chi connectivity index (χ3n) is 8.40. The highest BCUT2D eigenvalue weighted by molar-refractivity contribution is 7.13. The number of carbonyl (C=O) groups excluding carboxylic acids is 1. The largest absolute Gasteiger partial charge is 0.573 e. The van der Waals surface area contributed by atoms with Crippen molar-refractivity contribution in [2.45, 2.75) is 64.7 Å². The number of hydrogen-bond acceptors (Lipinski definition) is 7. The van der Waals surface area contributed by atoms with Crippen LogP contribution >= 0.6 is 11.3 Å². The Balaban J connectivity index is 1.52. The van der Waals surface area contributed by atoms with Crippen molar-refractivity contribution in [3.8, 4) is 16.3 Å². The maximum absolute atomic E-state index is 13.6. The van der Waals surface area contributed by atoms with E-state index in [1.54, 1.807) is 11.6 Å². The number of aromatic nitrogens is 2. The second kappa shape index (κ2) is 11.4. The molecule has 2 bridgehead atoms. The molecule has 7 nitrogen and oxygen atoms in total. The third-order valence-corrected chi connectivity index (χ3v) is 9.21. The van der Waals surface area contributed by atoms with Crippen LogP contribution in [0.1, 0.15) is 68.1 Å². The smallest absolute Gasteiger partial charge is 0.440 e. The summed E-state index contributed by atoms with van der Waals surface area (Å²) in [6.45, 7) is 1.89. The normalized spacial score (nSPS) is 23.2. The Morgan fingerprint density at radius 3 is 2.79 bits per heavy atom. The van der Waals surface area contributed by atoms with Gasteiger partial charge in [-0.15, -0.1) is 24.5 Å². The Bertz CT molecular complexity index is 1290. The summed E-state index contributed by atoms with van der Waals surface area (Å²) in [5.74, 6) is 1.72. The number of rotatable bonds is 9. The van der Waals surface area contributed by atoms with Gasteiger partial charge in [0, 0.05) is 31.6 Å². The zero-order valence-corrected chi connectivity index (χ0v) is 23.0. The maximum atomic E-state index is 13.6. The highest BCUT2D eigenvalue weighted by atomic mass is 32.1. The first kappa shape index (κ1) is 27.9. The van der Waals surface area contributed by atoms with Gasteiger partial charge >= 0.3 is 6.36 Å². The average molecular weight is 566 g/mol. The lowest BCUT2D eigenvalue weighted by molar-refractivity contribution is -0.274. The minimum atomic E-state index is -5.05. The van der Waals surface area contributed by atoms with Gasteiger partial charge in [-0.05, 0) is 61.8 Å². The molecular weight excluding hydrogens is 531 g/mol. The number of carbonyl (C=O) groups is 1. The molecule has 0 spiro atoms. The van der Waals surface area contributed by atoms with Crippen molar-refractivity contribution in [3.05, 3.63) is 29.1 Å². The van der Waals surface area contributed by atoms with E-state index >= 15 is 0 Å². The maximum Gasteiger partial charge on any atom is 0.573 e. The molecule has 3 aromatic rings. The first-order valence-corrected chi connectivity index (χ1v) is 14.5. The van der Waals surface area contributed by atoms with E-state index < -0.39 is 18.0 Å². The van der Waals surface area contributed by atoms with Crippen LogP contribution in [-0.4, -0.2) is 52.4 Å². The standard InChI is InChI=1S/C28H34F3N3O4S/c1-3-18-13-16-4-6-19(18)14-17(12-16)5-7-22-33-23-24(37-22)20(26-32-8-11-39-26)15-21(25(23)38-28(29,30)31)27(36)34(2)9-10-35/h8,11,15-19,35H,3-7,9-10,12-14H2,1-2H3. The topological polar surface area (TPSA) is 88.7 Å². The van der Waals surface area contributed by atoms with Crippen molar-refractivity contribution in [1.82, 2.24) is 14.9 Å². The van der Waals surface area contributed by atoms with E-state index in [1.165, 1.54) is 63.0 Å². The summed E-state index contributed by atoms with van der Waals surface area (Å²) in [7, 11) is 1.40. The molecule has 3 aliphatic carbocycles. The summed E-state index contributed by atoms with van der Waals surface area (Å²) >= 11 is 1.28. The molecule has 3 saturated carbocycles. The van der Waals surface area contributed by atoms with Crippen LogP contribution in [0.15, 0.2) is 22.1 Å². The summed E-state index contributed by atoms with van der Waals surface area (Å²) in [6, 6.07) is 1.32. The molecule has 1 aromatic carbocycles. The second-order valence-electron chi connectivity index (χ2n) is 10.9. The first-order chi connectivity index (χ1) is 18.7. The second-order valence-corrected chi connectivity index (χ2v) is 11.8. The molecule has 4 unspecified atom stereocenters. The summed E-state index contributed by atoms with van der Waals surface area (Å²) in [6.07, 6.45) is 5.33. The van der Waals surface area contributed by atoms with Crippen LogP contribution in [0.4, 0.5) is 13.2 Å². The Labute approximate surface area is 229 Å². The number of ether oxygens (including phenoxy) is 1. The molecule has 1 amide bonds. The Hall–Kier alpha value is -2.66. The molecular formula is C28H34F3N3O4S. The van der Waals surface area contributed by atoms with Crippen molar-refractivity contribution in [3.63, 3.8) is 0 Å². The molecule has 11 heteroatoms. The Morgan fingerprint density at radius 2 is 2.10 bits per heavy atom. The van der Waals surface area contributed by atoms with Gasteiger partial charge in [0.15, 0.2) is 22.7 Å². The van der Waals surface area contributed by atoms with E-state index in [0.29, 0.717) is 28.8 Å². The van der Waals surface area contributed by atoms with Gasteiger partial charge in [-0.1, -0.05) is 19.8 Å². The molecule has 3 aliphatic rings. The van der Waals surface area contributed by atoms with Gasteiger partial charge in [-0.2, -0.15) is 0 Å². The number of likely N-dealkylation sites (N-methyl/N-ethyl adjacent to an activating group) is 1. The lowest BCUT2D eigenvalue weighted by Gasteiger charge is -2.31. The number of hydrogen-bond donors (Lipinski definition) is 1. The van der Waals surface area contributed by atoms with Crippen LogP contribution in [0.3, 0.4) is 0 Å². The van der Waals surface area contributed by atoms with Crippen LogP contribution in [0.2, 0.25) is 0 Å². The number of alkyl halides is 3. The van der Waals surface area contributed by atoms with E-state index in [4.69, 9.17) is 4.42 Å². The number of fused-ring (bicyclic) bond motifs is 5. The highest BCUT2D eigenvalue weighted by Crippen LogP contribution is 2.47. The van der Waals surface area contributed by atoms with Crippen LogP contribution < -0.4 is 4.74 Å². The predicted octanol–water partition coefficient (Wildman–Crippen LogP) is 6.70. The van der Waals surface area contributed by atoms with Crippen LogP contribution in [-0.2, 0) is 6.42 Å². The SMILES string of the molecule is CCC1CC2CCC1CC(CCc1nc3c(OC(F)(F)F)c(C(=O)N(C)CCO)cc(-c4nccs4)c3o1)C2. The van der Waals surface area contributed by atoms with E-state index in [1.807, 2.05) is 0 Å². The van der Waals surface area contributed by atoms with Gasteiger partial charge in [-0.3, -0.25) is 4.79 Å². The molecule has 4 atom stereocenters. The summed E-state index contributed by atoms with van der Waals surface area (Å²) in [5.41, 5.74) is 0.0365. The van der Waals surface area contributed by atoms with Crippen LogP contribution in [0.25, 0.3) is 21.7 Å². The Kier molecular flexibility index (Phi) is 8.19. The molecule has 1 N–H and O–H groups in total. The fraction of sp³-hybridized carbons (Fsp3) is 0.607. The minimum Gasteiger partial charge on any atom is -0.440 e. The van der Waals surface area contributed by atoms with Gasteiger partial charge in [0.1, 0.15) is 5.01 Å². The Morgan fingerprint density at radius 1 is 1.28 bits per heavy atom. The quantitative estimate of drug-likeness (QED) is 0.311. The fourth-order valence-corrected chi connectivity index (χ4v) is 7.22. The van der Waals surface area contributed by atoms with Crippen LogP contribution in [0, 0.1) is 23.7 Å². The lowest BCUT2D eigenvalue weighted by atomic mass is 9.74. The summed E-state index contributed by atoms with van der Waals surface area (Å²) in [5, 5.41) is 11.5.